The average molecular weight is 445 g/mol. The van der Waals surface area contributed by atoms with Crippen molar-refractivity contribution in [2.75, 3.05) is 11.9 Å². The summed E-state index contributed by atoms with van der Waals surface area (Å²) in [5, 5.41) is 3.16. The summed E-state index contributed by atoms with van der Waals surface area (Å²) in [7, 11) is 0. The number of carbonyl (C=O) groups excluding carboxylic acids is 2. The zero-order chi connectivity index (χ0) is 19.2. The number of hydrogen-bond acceptors (Lipinski definition) is 3. The number of halogens is 2. The summed E-state index contributed by atoms with van der Waals surface area (Å²) >= 11 is 9.36. The molecule has 0 heterocycles. The van der Waals surface area contributed by atoms with Gasteiger partial charge in [0.25, 0.3) is 5.91 Å². The van der Waals surface area contributed by atoms with E-state index in [1.807, 2.05) is 12.1 Å². The molecule has 1 N–H and O–H groups in total. The number of ketones is 1. The second kappa shape index (κ2) is 8.84. The molecule has 6 heteroatoms. The van der Waals surface area contributed by atoms with E-state index in [-0.39, 0.29) is 18.3 Å². The number of Topliss-reactive ketones (excluding diaryl/α,β-unsaturated/α-hetero) is 1. The molecular weight excluding hydrogens is 430 g/mol. The summed E-state index contributed by atoms with van der Waals surface area (Å²) in [6, 6.07) is 20.7. The van der Waals surface area contributed by atoms with Gasteiger partial charge in [0.15, 0.2) is 12.4 Å². The zero-order valence-corrected chi connectivity index (χ0v) is 16.5. The molecule has 27 heavy (non-hydrogen) atoms. The van der Waals surface area contributed by atoms with Crippen molar-refractivity contribution in [3.63, 3.8) is 0 Å². The van der Waals surface area contributed by atoms with Crippen molar-refractivity contribution in [2.24, 2.45) is 0 Å². The van der Waals surface area contributed by atoms with Gasteiger partial charge in [-0.25, -0.2) is 0 Å². The third kappa shape index (κ3) is 5.18. The van der Waals surface area contributed by atoms with Gasteiger partial charge in [0.2, 0.25) is 0 Å². The Hall–Kier alpha value is -2.63. The lowest BCUT2D eigenvalue weighted by Gasteiger charge is -2.09. The fraction of sp³-hybridized carbons (Fsp3) is 0.0476. The van der Waals surface area contributed by atoms with E-state index in [2.05, 4.69) is 21.2 Å². The first-order valence-electron chi connectivity index (χ1n) is 8.10. The minimum Gasteiger partial charge on any atom is -0.485 e. The van der Waals surface area contributed by atoms with Crippen molar-refractivity contribution in [3.8, 4) is 5.75 Å². The molecule has 1 amide bonds. The molecule has 0 aliphatic rings. The summed E-state index contributed by atoms with van der Waals surface area (Å²) < 4.78 is 6.43. The van der Waals surface area contributed by atoms with Gasteiger partial charge in [-0.1, -0.05) is 51.8 Å². The van der Waals surface area contributed by atoms with Crippen molar-refractivity contribution < 1.29 is 14.3 Å². The molecule has 0 saturated heterocycles. The number of hydrogen-bond donors (Lipinski definition) is 1. The van der Waals surface area contributed by atoms with Crippen LogP contribution in [0.2, 0.25) is 5.02 Å². The zero-order valence-electron chi connectivity index (χ0n) is 14.1. The van der Waals surface area contributed by atoms with Gasteiger partial charge in [0.1, 0.15) is 5.75 Å². The number of carbonyl (C=O) groups is 2. The van der Waals surface area contributed by atoms with Gasteiger partial charge in [-0.3, -0.25) is 9.59 Å². The van der Waals surface area contributed by atoms with Gasteiger partial charge in [-0.05, 0) is 48.5 Å². The van der Waals surface area contributed by atoms with Gasteiger partial charge in [-0.2, -0.15) is 0 Å². The Bertz CT molecular complexity index is 956. The van der Waals surface area contributed by atoms with Crippen molar-refractivity contribution in [1.29, 1.82) is 0 Å². The maximum Gasteiger partial charge on any atom is 0.257 e. The number of benzene rings is 3. The standard InChI is InChI=1S/C21H15BrClNO3/c22-15-7-5-14(6-8-15)20(25)13-27-17-11-9-16(10-12-17)24-21(26)18-3-1-2-4-19(18)23/h1-12H,13H2,(H,24,26). The fourth-order valence-corrected chi connectivity index (χ4v) is 2.83. The molecule has 136 valence electrons. The van der Waals surface area contributed by atoms with Gasteiger partial charge >= 0.3 is 0 Å². The lowest BCUT2D eigenvalue weighted by Crippen LogP contribution is -2.13. The molecule has 0 aliphatic carbocycles. The molecule has 4 nitrogen and oxygen atoms in total. The van der Waals surface area contributed by atoms with E-state index in [9.17, 15) is 9.59 Å². The molecule has 0 aromatic heterocycles. The Kier molecular flexibility index (Phi) is 6.27. The number of nitrogens with one attached hydrogen (secondary N) is 1. The lowest BCUT2D eigenvalue weighted by atomic mass is 10.1. The third-order valence-corrected chi connectivity index (χ3v) is 4.63. The van der Waals surface area contributed by atoms with E-state index in [0.29, 0.717) is 27.6 Å². The fourth-order valence-electron chi connectivity index (χ4n) is 2.35. The van der Waals surface area contributed by atoms with E-state index in [4.69, 9.17) is 16.3 Å². The maximum absolute atomic E-state index is 12.2. The highest BCUT2D eigenvalue weighted by Crippen LogP contribution is 2.20. The number of rotatable bonds is 6. The molecule has 0 bridgehead atoms. The van der Waals surface area contributed by atoms with E-state index in [1.165, 1.54) is 0 Å². The van der Waals surface area contributed by atoms with E-state index >= 15 is 0 Å². The van der Waals surface area contributed by atoms with Gasteiger partial charge < -0.3 is 10.1 Å². The predicted octanol–water partition coefficient (Wildman–Crippen LogP) is 5.62. The van der Waals surface area contributed by atoms with E-state index in [1.54, 1.807) is 60.7 Å². The highest BCUT2D eigenvalue weighted by molar-refractivity contribution is 9.10. The average Bonchev–Trinajstić information content (AvgIpc) is 2.68. The van der Waals surface area contributed by atoms with Crippen molar-refractivity contribution in [1.82, 2.24) is 0 Å². The highest BCUT2D eigenvalue weighted by Gasteiger charge is 2.10. The smallest absolute Gasteiger partial charge is 0.257 e. The minimum atomic E-state index is -0.292. The molecule has 3 rings (SSSR count). The summed E-state index contributed by atoms with van der Waals surface area (Å²) in [6.07, 6.45) is 0. The van der Waals surface area contributed by atoms with Crippen LogP contribution in [0.4, 0.5) is 5.69 Å². The minimum absolute atomic E-state index is 0.0625. The van der Waals surface area contributed by atoms with Crippen molar-refractivity contribution in [2.45, 2.75) is 0 Å². The van der Waals surface area contributed by atoms with Crippen LogP contribution in [0.5, 0.6) is 5.75 Å². The lowest BCUT2D eigenvalue weighted by molar-refractivity contribution is 0.0921. The topological polar surface area (TPSA) is 55.4 Å². The van der Waals surface area contributed by atoms with Crippen LogP contribution in [-0.2, 0) is 0 Å². The number of amides is 1. The predicted molar refractivity (Wildman–Crippen MR) is 110 cm³/mol. The first kappa shape index (κ1) is 19.1. The second-order valence-electron chi connectivity index (χ2n) is 5.68. The van der Waals surface area contributed by atoms with Crippen molar-refractivity contribution >= 4 is 44.9 Å². The van der Waals surface area contributed by atoms with Crippen molar-refractivity contribution in [3.05, 3.63) is 93.4 Å². The maximum atomic E-state index is 12.2. The summed E-state index contributed by atoms with van der Waals surface area (Å²) in [6.45, 7) is -0.0625. The third-order valence-electron chi connectivity index (χ3n) is 3.77. The van der Waals surface area contributed by atoms with E-state index < -0.39 is 0 Å². The summed E-state index contributed by atoms with van der Waals surface area (Å²) in [5.41, 5.74) is 1.59. The van der Waals surface area contributed by atoms with Crippen LogP contribution >= 0.6 is 27.5 Å². The Morgan fingerprint density at radius 2 is 1.59 bits per heavy atom. The second-order valence-corrected chi connectivity index (χ2v) is 7.00. The van der Waals surface area contributed by atoms with Crippen LogP contribution in [0.1, 0.15) is 20.7 Å². The van der Waals surface area contributed by atoms with Gasteiger partial charge in [0, 0.05) is 15.7 Å². The Labute approximate surface area is 170 Å². The quantitative estimate of drug-likeness (QED) is 0.502. The first-order chi connectivity index (χ1) is 13.0. The molecule has 3 aromatic carbocycles. The highest BCUT2D eigenvalue weighted by atomic mass is 79.9. The molecule has 0 spiro atoms. The number of ether oxygens (including phenoxy) is 1. The number of anilines is 1. The van der Waals surface area contributed by atoms with Crippen LogP contribution < -0.4 is 10.1 Å². The van der Waals surface area contributed by atoms with Crippen LogP contribution in [0, 0.1) is 0 Å². The Morgan fingerprint density at radius 3 is 2.26 bits per heavy atom. The Balaban J connectivity index is 1.57. The van der Waals surface area contributed by atoms with Gasteiger partial charge in [-0.15, -0.1) is 0 Å². The van der Waals surface area contributed by atoms with Crippen LogP contribution in [-0.4, -0.2) is 18.3 Å². The molecule has 3 aromatic rings. The molecule has 0 fully saturated rings. The largest absolute Gasteiger partial charge is 0.485 e. The summed E-state index contributed by atoms with van der Waals surface area (Å²) in [4.78, 5) is 24.4. The molecule has 0 atom stereocenters. The van der Waals surface area contributed by atoms with Crippen LogP contribution in [0.3, 0.4) is 0 Å². The van der Waals surface area contributed by atoms with Crippen LogP contribution in [0.25, 0.3) is 0 Å². The SMILES string of the molecule is O=C(COc1ccc(NC(=O)c2ccccc2Cl)cc1)c1ccc(Br)cc1. The Morgan fingerprint density at radius 1 is 0.926 bits per heavy atom. The molecule has 0 unspecified atom stereocenters. The van der Waals surface area contributed by atoms with Gasteiger partial charge in [0.05, 0.1) is 10.6 Å². The monoisotopic (exact) mass is 443 g/mol. The molecule has 0 aliphatic heterocycles. The normalized spacial score (nSPS) is 10.3. The van der Waals surface area contributed by atoms with Crippen LogP contribution in [0.15, 0.2) is 77.3 Å². The summed E-state index contributed by atoms with van der Waals surface area (Å²) in [5.74, 6) is 0.134. The first-order valence-corrected chi connectivity index (χ1v) is 9.27. The molecule has 0 radical (unpaired) electrons. The molecule has 0 saturated carbocycles. The van der Waals surface area contributed by atoms with E-state index in [0.717, 1.165) is 4.47 Å². The molecular formula is C21H15BrClNO3.